The maximum Gasteiger partial charge on any atom is 0.573 e. The van der Waals surface area contributed by atoms with Crippen LogP contribution in [0.2, 0.25) is 0 Å². The number of hydrogen-bond donors (Lipinski definition) is 0. The quantitative estimate of drug-likeness (QED) is 0.289. The van der Waals surface area contributed by atoms with Gasteiger partial charge in [0.2, 0.25) is 5.91 Å². The number of carbonyl (C=O) groups is 1. The van der Waals surface area contributed by atoms with Crippen LogP contribution in [0.15, 0.2) is 77.6 Å². The third kappa shape index (κ3) is 7.10. The van der Waals surface area contributed by atoms with Gasteiger partial charge in [0.25, 0.3) is 5.56 Å². The molecule has 4 rings (SSSR count). The zero-order chi connectivity index (χ0) is 29.7. The van der Waals surface area contributed by atoms with E-state index in [-0.39, 0.29) is 23.6 Å². The number of nitriles is 1. The SMILES string of the molecule is CC(c1nc2ccccc2c(=O)n1-c1ccc(C#N)cc1)N(CCN(C)C)C(=O)Cc1ccc(OC(F)(F)F)cc1. The molecule has 1 amide bonds. The molecule has 0 aliphatic carbocycles. The van der Waals surface area contributed by atoms with Crippen LogP contribution in [0.5, 0.6) is 5.75 Å². The Hall–Kier alpha value is -4.69. The summed E-state index contributed by atoms with van der Waals surface area (Å²) in [5.74, 6) is -0.338. The molecular weight excluding hydrogens is 535 g/mol. The Balaban J connectivity index is 1.74. The van der Waals surface area contributed by atoms with Gasteiger partial charge in [-0.05, 0) is 75.1 Å². The van der Waals surface area contributed by atoms with Crippen LogP contribution in [0.25, 0.3) is 16.6 Å². The summed E-state index contributed by atoms with van der Waals surface area (Å²) in [7, 11) is 3.74. The Kier molecular flexibility index (Phi) is 8.74. The van der Waals surface area contributed by atoms with Crippen LogP contribution < -0.4 is 10.3 Å². The fourth-order valence-electron chi connectivity index (χ4n) is 4.43. The number of amides is 1. The fraction of sp³-hybridized carbons (Fsp3) is 0.267. The molecule has 8 nitrogen and oxygen atoms in total. The first-order chi connectivity index (χ1) is 19.5. The van der Waals surface area contributed by atoms with Gasteiger partial charge in [-0.1, -0.05) is 24.3 Å². The number of ether oxygens (including phenoxy) is 1. The Morgan fingerprint density at radius 3 is 2.29 bits per heavy atom. The average Bonchev–Trinajstić information content (AvgIpc) is 2.93. The Morgan fingerprint density at radius 2 is 1.68 bits per heavy atom. The minimum absolute atomic E-state index is 0.0846. The lowest BCUT2D eigenvalue weighted by molar-refractivity contribution is -0.274. The molecule has 1 atom stereocenters. The fourth-order valence-corrected chi connectivity index (χ4v) is 4.43. The number of alkyl halides is 3. The van der Waals surface area contributed by atoms with Crippen molar-refractivity contribution < 1.29 is 22.7 Å². The molecule has 4 aromatic rings. The first-order valence-corrected chi connectivity index (χ1v) is 12.8. The molecule has 0 saturated heterocycles. The van der Waals surface area contributed by atoms with Crippen LogP contribution >= 0.6 is 0 Å². The van der Waals surface area contributed by atoms with Crippen LogP contribution in [-0.4, -0.2) is 58.8 Å². The van der Waals surface area contributed by atoms with E-state index in [1.165, 1.54) is 16.7 Å². The van der Waals surface area contributed by atoms with Gasteiger partial charge in [-0.3, -0.25) is 14.2 Å². The van der Waals surface area contributed by atoms with E-state index in [9.17, 15) is 28.0 Å². The van der Waals surface area contributed by atoms with Crippen LogP contribution in [0.1, 0.15) is 29.9 Å². The van der Waals surface area contributed by atoms with Crippen molar-refractivity contribution in [1.29, 1.82) is 5.26 Å². The third-order valence-corrected chi connectivity index (χ3v) is 6.52. The maximum absolute atomic E-state index is 13.7. The molecule has 3 aromatic carbocycles. The summed E-state index contributed by atoms with van der Waals surface area (Å²) in [6, 6.07) is 20.0. The van der Waals surface area contributed by atoms with Crippen LogP contribution in [0, 0.1) is 11.3 Å². The highest BCUT2D eigenvalue weighted by Gasteiger charge is 2.31. The third-order valence-electron chi connectivity index (χ3n) is 6.52. The monoisotopic (exact) mass is 563 g/mol. The topological polar surface area (TPSA) is 91.5 Å². The molecule has 41 heavy (non-hydrogen) atoms. The predicted molar refractivity (Wildman–Crippen MR) is 148 cm³/mol. The van der Waals surface area contributed by atoms with E-state index in [1.807, 2.05) is 19.0 Å². The van der Waals surface area contributed by atoms with E-state index in [0.29, 0.717) is 46.6 Å². The molecule has 0 N–H and O–H groups in total. The first-order valence-electron chi connectivity index (χ1n) is 12.8. The van der Waals surface area contributed by atoms with Gasteiger partial charge in [-0.2, -0.15) is 5.26 Å². The van der Waals surface area contributed by atoms with Gasteiger partial charge >= 0.3 is 6.36 Å². The zero-order valence-electron chi connectivity index (χ0n) is 22.7. The summed E-state index contributed by atoms with van der Waals surface area (Å²) in [6.07, 6.45) is -4.90. The Morgan fingerprint density at radius 1 is 1.02 bits per heavy atom. The Bertz CT molecular complexity index is 1630. The van der Waals surface area contributed by atoms with Crippen molar-refractivity contribution >= 4 is 16.8 Å². The number of benzene rings is 3. The number of rotatable bonds is 9. The number of likely N-dealkylation sites (N-methyl/N-ethyl adjacent to an activating group) is 1. The number of carbonyl (C=O) groups excluding carboxylic acids is 1. The molecule has 0 radical (unpaired) electrons. The van der Waals surface area contributed by atoms with Crippen molar-refractivity contribution in [3.63, 3.8) is 0 Å². The normalized spacial score (nSPS) is 12.2. The lowest BCUT2D eigenvalue weighted by Gasteiger charge is -2.31. The molecule has 212 valence electrons. The van der Waals surface area contributed by atoms with Crippen molar-refractivity contribution in [3.05, 3.63) is 100 Å². The minimum Gasteiger partial charge on any atom is -0.406 e. The van der Waals surface area contributed by atoms with Crippen LogP contribution in [-0.2, 0) is 11.2 Å². The first kappa shape index (κ1) is 29.3. The molecule has 0 spiro atoms. The number of aromatic nitrogens is 2. The number of fused-ring (bicyclic) bond motifs is 1. The second-order valence-electron chi connectivity index (χ2n) is 9.72. The minimum atomic E-state index is -4.81. The second kappa shape index (κ2) is 12.2. The molecule has 0 saturated carbocycles. The molecule has 0 aliphatic heterocycles. The molecule has 11 heteroatoms. The van der Waals surface area contributed by atoms with Crippen LogP contribution in [0.3, 0.4) is 0 Å². The summed E-state index contributed by atoms with van der Waals surface area (Å²) in [5.41, 5.74) is 1.59. The van der Waals surface area contributed by atoms with E-state index < -0.39 is 12.4 Å². The summed E-state index contributed by atoms with van der Waals surface area (Å²) in [6.45, 7) is 2.60. The predicted octanol–water partition coefficient (Wildman–Crippen LogP) is 4.85. The van der Waals surface area contributed by atoms with Crippen LogP contribution in [0.4, 0.5) is 13.2 Å². The van der Waals surface area contributed by atoms with Gasteiger partial charge in [0.1, 0.15) is 11.6 Å². The van der Waals surface area contributed by atoms with E-state index in [2.05, 4.69) is 10.8 Å². The van der Waals surface area contributed by atoms with Gasteiger partial charge in [-0.15, -0.1) is 13.2 Å². The van der Waals surface area contributed by atoms with Crippen molar-refractivity contribution in [3.8, 4) is 17.5 Å². The van der Waals surface area contributed by atoms with E-state index in [4.69, 9.17) is 4.98 Å². The summed E-state index contributed by atoms with van der Waals surface area (Å²) in [4.78, 5) is 35.7. The molecular formula is C30H28F3N5O3. The van der Waals surface area contributed by atoms with Crippen molar-refractivity contribution in [2.24, 2.45) is 0 Å². The largest absolute Gasteiger partial charge is 0.573 e. The van der Waals surface area contributed by atoms with Gasteiger partial charge in [0.15, 0.2) is 0 Å². The van der Waals surface area contributed by atoms with Gasteiger partial charge in [0.05, 0.1) is 40.7 Å². The molecule has 0 aliphatic rings. The molecule has 1 unspecified atom stereocenters. The number of para-hydroxylation sites is 1. The Labute approximate surface area is 234 Å². The molecule has 1 heterocycles. The van der Waals surface area contributed by atoms with Gasteiger partial charge < -0.3 is 14.5 Å². The smallest absolute Gasteiger partial charge is 0.406 e. The highest BCUT2D eigenvalue weighted by atomic mass is 19.4. The highest BCUT2D eigenvalue weighted by Crippen LogP contribution is 2.26. The summed E-state index contributed by atoms with van der Waals surface area (Å²) >= 11 is 0. The highest BCUT2D eigenvalue weighted by molar-refractivity contribution is 5.80. The lowest BCUT2D eigenvalue weighted by Crippen LogP contribution is -2.41. The van der Waals surface area contributed by atoms with Gasteiger partial charge in [0, 0.05) is 13.1 Å². The van der Waals surface area contributed by atoms with E-state index >= 15 is 0 Å². The lowest BCUT2D eigenvalue weighted by atomic mass is 10.1. The standard InChI is InChI=1S/C30H28F3N5O3/c1-20(37(17-16-36(2)3)27(39)18-21-10-14-24(15-11-21)41-30(31,32)33)28-35-26-7-5-4-6-25(26)29(40)38(28)23-12-8-22(19-34)9-13-23/h4-15,20H,16-18H2,1-3H3. The van der Waals surface area contributed by atoms with Crippen molar-refractivity contribution in [2.45, 2.75) is 25.7 Å². The number of halogens is 3. The number of nitrogens with zero attached hydrogens (tertiary/aromatic N) is 5. The average molecular weight is 564 g/mol. The van der Waals surface area contributed by atoms with Crippen molar-refractivity contribution in [2.75, 3.05) is 27.2 Å². The second-order valence-corrected chi connectivity index (χ2v) is 9.72. The van der Waals surface area contributed by atoms with E-state index in [0.717, 1.165) is 12.1 Å². The van der Waals surface area contributed by atoms with Crippen molar-refractivity contribution in [1.82, 2.24) is 19.4 Å². The number of hydrogen-bond acceptors (Lipinski definition) is 6. The van der Waals surface area contributed by atoms with Gasteiger partial charge in [-0.25, -0.2) is 4.98 Å². The zero-order valence-corrected chi connectivity index (χ0v) is 22.7. The van der Waals surface area contributed by atoms with E-state index in [1.54, 1.807) is 60.4 Å². The molecule has 0 bridgehead atoms. The molecule has 0 fully saturated rings. The summed E-state index contributed by atoms with van der Waals surface area (Å²) in [5, 5.41) is 9.63. The molecule has 1 aromatic heterocycles. The maximum atomic E-state index is 13.7. The summed E-state index contributed by atoms with van der Waals surface area (Å²) < 4.78 is 43.0.